The number of likely N-dealkylation sites (N-methyl/N-ethyl adjacent to an activating group) is 1. The topological polar surface area (TPSA) is 45.6 Å². The van der Waals surface area contributed by atoms with Gasteiger partial charge in [-0.15, -0.1) is 6.58 Å². The van der Waals surface area contributed by atoms with E-state index in [2.05, 4.69) is 42.4 Å². The van der Waals surface area contributed by atoms with Gasteiger partial charge in [-0.1, -0.05) is 12.1 Å². The summed E-state index contributed by atoms with van der Waals surface area (Å²) in [5.74, 6) is 0.0860. The predicted molar refractivity (Wildman–Crippen MR) is 108 cm³/mol. The standard InChI is InChI=1S/C20H29N3O2S/c1-4-10-22-15-18(9-13-21(2)3)19-14-17(7-8-20(19)22)16-26(24,25)23-11-5-6-12-23/h4,7-8,14-15H,1,5-6,9-13,16H2,2-3H3. The summed E-state index contributed by atoms with van der Waals surface area (Å²) in [5, 5.41) is 1.16. The van der Waals surface area contributed by atoms with Crippen molar-refractivity contribution in [2.45, 2.75) is 31.6 Å². The monoisotopic (exact) mass is 375 g/mol. The first-order valence-electron chi connectivity index (χ1n) is 9.25. The Bertz CT molecular complexity index is 878. The summed E-state index contributed by atoms with van der Waals surface area (Å²) >= 11 is 0. The van der Waals surface area contributed by atoms with Crippen molar-refractivity contribution in [3.63, 3.8) is 0 Å². The van der Waals surface area contributed by atoms with Crippen LogP contribution in [0.15, 0.2) is 37.1 Å². The van der Waals surface area contributed by atoms with Crippen molar-refractivity contribution in [2.24, 2.45) is 0 Å². The van der Waals surface area contributed by atoms with Gasteiger partial charge in [0.05, 0.1) is 5.75 Å². The third-order valence-electron chi connectivity index (χ3n) is 4.99. The maximum absolute atomic E-state index is 12.6. The zero-order valence-corrected chi connectivity index (χ0v) is 16.6. The summed E-state index contributed by atoms with van der Waals surface area (Å²) in [4.78, 5) is 2.17. The van der Waals surface area contributed by atoms with Crippen LogP contribution in [-0.4, -0.2) is 55.9 Å². The van der Waals surface area contributed by atoms with Crippen molar-refractivity contribution in [3.05, 3.63) is 48.2 Å². The van der Waals surface area contributed by atoms with E-state index in [1.54, 1.807) is 4.31 Å². The molecule has 0 N–H and O–H groups in total. The second-order valence-corrected chi connectivity index (χ2v) is 9.33. The van der Waals surface area contributed by atoms with Gasteiger partial charge in [-0.05, 0) is 56.6 Å². The lowest BCUT2D eigenvalue weighted by molar-refractivity contribution is 0.414. The van der Waals surface area contributed by atoms with Gasteiger partial charge in [0, 0.05) is 43.3 Å². The number of benzene rings is 1. The number of aromatic nitrogens is 1. The quantitative estimate of drug-likeness (QED) is 0.667. The molecular weight excluding hydrogens is 346 g/mol. The number of hydrogen-bond acceptors (Lipinski definition) is 3. The molecule has 2 aromatic rings. The molecular formula is C20H29N3O2S. The molecule has 142 valence electrons. The van der Waals surface area contributed by atoms with Crippen molar-refractivity contribution in [2.75, 3.05) is 33.7 Å². The van der Waals surface area contributed by atoms with Gasteiger partial charge in [0.1, 0.15) is 0 Å². The van der Waals surface area contributed by atoms with Crippen LogP contribution in [0.4, 0.5) is 0 Å². The Kier molecular flexibility index (Phi) is 5.85. The van der Waals surface area contributed by atoms with Gasteiger partial charge in [0.2, 0.25) is 10.0 Å². The minimum Gasteiger partial charge on any atom is -0.343 e. The van der Waals surface area contributed by atoms with Crippen molar-refractivity contribution in [3.8, 4) is 0 Å². The second-order valence-electron chi connectivity index (χ2n) is 7.36. The Labute approximate surface area is 156 Å². The molecule has 0 spiro atoms. The Morgan fingerprint density at radius 2 is 1.96 bits per heavy atom. The van der Waals surface area contributed by atoms with E-state index in [9.17, 15) is 8.42 Å². The van der Waals surface area contributed by atoms with E-state index >= 15 is 0 Å². The molecule has 26 heavy (non-hydrogen) atoms. The van der Waals surface area contributed by atoms with E-state index in [4.69, 9.17) is 0 Å². The predicted octanol–water partition coefficient (Wildman–Crippen LogP) is 2.86. The van der Waals surface area contributed by atoms with Gasteiger partial charge in [-0.2, -0.15) is 0 Å². The molecule has 1 aliphatic heterocycles. The summed E-state index contributed by atoms with van der Waals surface area (Å²) in [5.41, 5.74) is 3.27. The van der Waals surface area contributed by atoms with E-state index in [1.165, 1.54) is 5.56 Å². The number of sulfonamides is 1. The first-order chi connectivity index (χ1) is 12.4. The van der Waals surface area contributed by atoms with E-state index in [0.29, 0.717) is 13.1 Å². The van der Waals surface area contributed by atoms with Crippen molar-refractivity contribution < 1.29 is 8.42 Å². The maximum atomic E-state index is 12.6. The molecule has 0 saturated carbocycles. The maximum Gasteiger partial charge on any atom is 0.218 e. The molecule has 3 rings (SSSR count). The van der Waals surface area contributed by atoms with Gasteiger partial charge >= 0.3 is 0 Å². The fraction of sp³-hybridized carbons (Fsp3) is 0.500. The van der Waals surface area contributed by atoms with Crippen LogP contribution in [0.3, 0.4) is 0 Å². The third-order valence-corrected chi connectivity index (χ3v) is 6.84. The lowest BCUT2D eigenvalue weighted by atomic mass is 10.1. The van der Waals surface area contributed by atoms with Gasteiger partial charge in [-0.3, -0.25) is 0 Å². The minimum atomic E-state index is -3.22. The summed E-state index contributed by atoms with van der Waals surface area (Å²) in [6.07, 6.45) is 6.94. The number of fused-ring (bicyclic) bond motifs is 1. The lowest BCUT2D eigenvalue weighted by Gasteiger charge is -2.15. The molecule has 1 saturated heterocycles. The van der Waals surface area contributed by atoms with E-state index in [1.807, 2.05) is 18.2 Å². The molecule has 0 aliphatic carbocycles. The van der Waals surface area contributed by atoms with Gasteiger partial charge in [0.15, 0.2) is 0 Å². The highest BCUT2D eigenvalue weighted by Crippen LogP contribution is 2.26. The molecule has 0 bridgehead atoms. The summed E-state index contributed by atoms with van der Waals surface area (Å²) in [6.45, 7) is 6.88. The Morgan fingerprint density at radius 3 is 2.62 bits per heavy atom. The largest absolute Gasteiger partial charge is 0.343 e. The fourth-order valence-electron chi connectivity index (χ4n) is 3.61. The van der Waals surface area contributed by atoms with Crippen molar-refractivity contribution in [1.82, 2.24) is 13.8 Å². The molecule has 1 aliphatic rings. The average Bonchev–Trinajstić information content (AvgIpc) is 3.22. The van der Waals surface area contributed by atoms with E-state index in [0.717, 1.165) is 48.8 Å². The summed E-state index contributed by atoms with van der Waals surface area (Å²) in [6, 6.07) is 6.06. The van der Waals surface area contributed by atoms with E-state index in [-0.39, 0.29) is 5.75 Å². The van der Waals surface area contributed by atoms with Crippen LogP contribution >= 0.6 is 0 Å². The molecule has 0 atom stereocenters. The molecule has 0 unspecified atom stereocenters. The third kappa shape index (κ3) is 4.19. The number of nitrogens with zero attached hydrogens (tertiary/aromatic N) is 3. The molecule has 5 nitrogen and oxygen atoms in total. The van der Waals surface area contributed by atoms with Crippen molar-refractivity contribution >= 4 is 20.9 Å². The SMILES string of the molecule is C=CCn1cc(CCN(C)C)c2cc(CS(=O)(=O)N3CCCC3)ccc21. The molecule has 1 aromatic heterocycles. The van der Waals surface area contributed by atoms with Crippen LogP contribution < -0.4 is 0 Å². The smallest absolute Gasteiger partial charge is 0.218 e. The molecule has 2 heterocycles. The highest BCUT2D eigenvalue weighted by Gasteiger charge is 2.25. The zero-order valence-electron chi connectivity index (χ0n) is 15.8. The van der Waals surface area contributed by atoms with Crippen molar-refractivity contribution in [1.29, 1.82) is 0 Å². The van der Waals surface area contributed by atoms with Crippen LogP contribution in [0.2, 0.25) is 0 Å². The molecule has 6 heteroatoms. The Morgan fingerprint density at radius 1 is 1.23 bits per heavy atom. The van der Waals surface area contributed by atoms with Crippen LogP contribution in [-0.2, 0) is 28.7 Å². The van der Waals surface area contributed by atoms with Crippen LogP contribution in [0, 0.1) is 0 Å². The molecule has 1 fully saturated rings. The van der Waals surface area contributed by atoms with Gasteiger partial charge in [0.25, 0.3) is 0 Å². The molecule has 1 aromatic carbocycles. The number of allylic oxidation sites excluding steroid dienone is 1. The first kappa shape index (κ1) is 19.1. The molecule has 0 amide bonds. The number of rotatable bonds is 8. The van der Waals surface area contributed by atoms with Gasteiger partial charge < -0.3 is 9.47 Å². The summed E-state index contributed by atoms with van der Waals surface area (Å²) in [7, 11) is 0.911. The Balaban J connectivity index is 1.92. The lowest BCUT2D eigenvalue weighted by Crippen LogP contribution is -2.29. The van der Waals surface area contributed by atoms with Crippen LogP contribution in [0.5, 0.6) is 0 Å². The van der Waals surface area contributed by atoms with Crippen LogP contribution in [0.25, 0.3) is 10.9 Å². The minimum absolute atomic E-state index is 0.0860. The zero-order chi connectivity index (χ0) is 18.7. The molecule has 0 radical (unpaired) electrons. The van der Waals surface area contributed by atoms with Crippen LogP contribution in [0.1, 0.15) is 24.0 Å². The number of hydrogen-bond donors (Lipinski definition) is 0. The first-order valence-corrected chi connectivity index (χ1v) is 10.9. The van der Waals surface area contributed by atoms with E-state index < -0.39 is 10.0 Å². The summed E-state index contributed by atoms with van der Waals surface area (Å²) < 4.78 is 29.1. The fourth-order valence-corrected chi connectivity index (χ4v) is 5.21. The highest BCUT2D eigenvalue weighted by molar-refractivity contribution is 7.88. The van der Waals surface area contributed by atoms with Gasteiger partial charge in [-0.25, -0.2) is 12.7 Å². The highest BCUT2D eigenvalue weighted by atomic mass is 32.2. The second kappa shape index (κ2) is 7.94. The normalized spacial score (nSPS) is 16.0. The average molecular weight is 376 g/mol. The Hall–Kier alpha value is -1.63.